The molecule has 8 nitrogen and oxygen atoms in total. The maximum atomic E-state index is 13.4. The van der Waals surface area contributed by atoms with Crippen LogP contribution < -0.4 is 14.8 Å². The number of carbonyl (C=O) groups excluding carboxylic acids is 1. The number of nitrogens with zero attached hydrogens (tertiary/aromatic N) is 4. The first-order chi connectivity index (χ1) is 13.0. The normalized spacial score (nSPS) is 10.5. The van der Waals surface area contributed by atoms with Gasteiger partial charge in [-0.15, -0.1) is 5.10 Å². The van der Waals surface area contributed by atoms with Gasteiger partial charge in [-0.2, -0.15) is 4.68 Å². The lowest BCUT2D eigenvalue weighted by Crippen LogP contribution is -2.24. The highest BCUT2D eigenvalue weighted by molar-refractivity contribution is 5.94. The van der Waals surface area contributed by atoms with E-state index in [1.54, 1.807) is 12.1 Å². The third kappa shape index (κ3) is 3.84. The number of hydrogen-bond donors (Lipinski definition) is 1. The lowest BCUT2D eigenvalue weighted by atomic mass is 10.2. The van der Waals surface area contributed by atoms with E-state index in [1.807, 2.05) is 0 Å². The minimum absolute atomic E-state index is 0.0286. The smallest absolute Gasteiger partial charge is 0.251 e. The van der Waals surface area contributed by atoms with Crippen LogP contribution in [-0.2, 0) is 6.54 Å². The summed E-state index contributed by atoms with van der Waals surface area (Å²) in [6.07, 6.45) is 0. The summed E-state index contributed by atoms with van der Waals surface area (Å²) in [5.41, 5.74) is 0.578. The average molecular weight is 375 g/mol. The van der Waals surface area contributed by atoms with Crippen LogP contribution in [0.1, 0.15) is 16.2 Å². The highest BCUT2D eigenvalue weighted by Crippen LogP contribution is 2.27. The summed E-state index contributed by atoms with van der Waals surface area (Å²) < 4.78 is 38.0. The summed E-state index contributed by atoms with van der Waals surface area (Å²) in [6, 6.07) is 7.98. The summed E-state index contributed by atoms with van der Waals surface area (Å²) in [5.74, 6) is -1.24. The molecule has 0 saturated heterocycles. The molecule has 0 aliphatic heterocycles. The Morgan fingerprint density at radius 3 is 2.56 bits per heavy atom. The van der Waals surface area contributed by atoms with Crippen LogP contribution in [0.25, 0.3) is 5.69 Å². The van der Waals surface area contributed by atoms with Crippen LogP contribution in [0.5, 0.6) is 11.5 Å². The first-order valence-electron chi connectivity index (χ1n) is 7.76. The predicted octanol–water partition coefficient (Wildman–Crippen LogP) is 1.89. The second-order valence-electron chi connectivity index (χ2n) is 5.36. The fourth-order valence-corrected chi connectivity index (χ4v) is 2.37. The van der Waals surface area contributed by atoms with Crippen molar-refractivity contribution in [3.8, 4) is 17.2 Å². The standard InChI is InChI=1S/C17H15F2N5O3/c1-26-14-6-3-10(7-15(14)27-2)17(25)20-9-16-21-22-23-24(16)11-4-5-12(18)13(19)8-11/h3-8H,9H2,1-2H3,(H,20,25). The molecule has 0 bridgehead atoms. The Labute approximate surface area is 152 Å². The van der Waals surface area contributed by atoms with Crippen LogP contribution in [0.4, 0.5) is 8.78 Å². The van der Waals surface area contributed by atoms with Gasteiger partial charge in [-0.05, 0) is 40.8 Å². The molecule has 0 fully saturated rings. The third-order valence-corrected chi connectivity index (χ3v) is 3.73. The number of methoxy groups -OCH3 is 2. The first kappa shape index (κ1) is 18.2. The molecular formula is C17H15F2N5O3. The van der Waals surface area contributed by atoms with Crippen LogP contribution in [-0.4, -0.2) is 40.3 Å². The number of nitrogens with one attached hydrogen (secondary N) is 1. The van der Waals surface area contributed by atoms with Gasteiger partial charge in [0.15, 0.2) is 29.0 Å². The van der Waals surface area contributed by atoms with Crippen molar-refractivity contribution in [1.29, 1.82) is 0 Å². The molecule has 1 aromatic heterocycles. The Morgan fingerprint density at radius 1 is 1.07 bits per heavy atom. The zero-order chi connectivity index (χ0) is 19.4. The van der Waals surface area contributed by atoms with Gasteiger partial charge in [0, 0.05) is 11.6 Å². The molecule has 1 N–H and O–H groups in total. The minimum Gasteiger partial charge on any atom is -0.493 e. The monoisotopic (exact) mass is 375 g/mol. The van der Waals surface area contributed by atoms with E-state index in [1.165, 1.54) is 31.0 Å². The van der Waals surface area contributed by atoms with Crippen LogP contribution in [0.2, 0.25) is 0 Å². The van der Waals surface area contributed by atoms with E-state index in [0.29, 0.717) is 17.1 Å². The fraction of sp³-hybridized carbons (Fsp3) is 0.176. The van der Waals surface area contributed by atoms with E-state index < -0.39 is 17.5 Å². The Hall–Kier alpha value is -3.56. The fourth-order valence-electron chi connectivity index (χ4n) is 2.37. The van der Waals surface area contributed by atoms with Gasteiger partial charge in [0.25, 0.3) is 5.91 Å². The number of halogens is 2. The Balaban J connectivity index is 1.75. The summed E-state index contributed by atoms with van der Waals surface area (Å²) in [7, 11) is 2.96. The highest BCUT2D eigenvalue weighted by atomic mass is 19.2. The molecule has 140 valence electrons. The topological polar surface area (TPSA) is 91.2 Å². The molecule has 0 atom stereocenters. The molecule has 0 saturated carbocycles. The molecule has 3 aromatic rings. The maximum absolute atomic E-state index is 13.4. The highest BCUT2D eigenvalue weighted by Gasteiger charge is 2.14. The van der Waals surface area contributed by atoms with E-state index in [-0.39, 0.29) is 18.1 Å². The number of benzene rings is 2. The van der Waals surface area contributed by atoms with Crippen LogP contribution >= 0.6 is 0 Å². The van der Waals surface area contributed by atoms with E-state index >= 15 is 0 Å². The molecule has 2 aromatic carbocycles. The molecule has 3 rings (SSSR count). The third-order valence-electron chi connectivity index (χ3n) is 3.73. The van der Waals surface area contributed by atoms with Gasteiger partial charge in [0.1, 0.15) is 0 Å². The molecule has 10 heteroatoms. The van der Waals surface area contributed by atoms with Gasteiger partial charge in [-0.1, -0.05) is 0 Å². The predicted molar refractivity (Wildman–Crippen MR) is 89.8 cm³/mol. The second-order valence-corrected chi connectivity index (χ2v) is 5.36. The first-order valence-corrected chi connectivity index (χ1v) is 7.76. The molecule has 0 spiro atoms. The summed E-state index contributed by atoms with van der Waals surface area (Å²) >= 11 is 0. The van der Waals surface area contributed by atoms with Crippen molar-refractivity contribution in [3.05, 3.63) is 59.4 Å². The lowest BCUT2D eigenvalue weighted by Gasteiger charge is -2.10. The number of hydrogen-bond acceptors (Lipinski definition) is 6. The molecular weight excluding hydrogens is 360 g/mol. The van der Waals surface area contributed by atoms with Crippen LogP contribution in [0.3, 0.4) is 0 Å². The number of ether oxygens (including phenoxy) is 2. The number of aromatic nitrogens is 4. The van der Waals surface area contributed by atoms with Crippen molar-refractivity contribution in [2.75, 3.05) is 14.2 Å². The number of carbonyl (C=O) groups is 1. The van der Waals surface area contributed by atoms with Crippen molar-refractivity contribution in [3.63, 3.8) is 0 Å². The van der Waals surface area contributed by atoms with E-state index in [9.17, 15) is 13.6 Å². The number of rotatable bonds is 6. The van der Waals surface area contributed by atoms with Gasteiger partial charge >= 0.3 is 0 Å². The van der Waals surface area contributed by atoms with Gasteiger partial charge < -0.3 is 14.8 Å². The molecule has 0 aliphatic rings. The van der Waals surface area contributed by atoms with Crippen molar-refractivity contribution in [2.45, 2.75) is 6.54 Å². The molecule has 0 unspecified atom stereocenters. The minimum atomic E-state index is -1.02. The van der Waals surface area contributed by atoms with Gasteiger partial charge in [-0.3, -0.25) is 4.79 Å². The van der Waals surface area contributed by atoms with Crippen molar-refractivity contribution < 1.29 is 23.0 Å². The molecule has 27 heavy (non-hydrogen) atoms. The quantitative estimate of drug-likeness (QED) is 0.708. The van der Waals surface area contributed by atoms with Crippen molar-refractivity contribution >= 4 is 5.91 Å². The summed E-state index contributed by atoms with van der Waals surface area (Å²) in [5, 5.41) is 13.7. The van der Waals surface area contributed by atoms with Crippen molar-refractivity contribution in [2.24, 2.45) is 0 Å². The van der Waals surface area contributed by atoms with Gasteiger partial charge in [0.2, 0.25) is 0 Å². The Kier molecular flexibility index (Phi) is 5.25. The molecule has 1 amide bonds. The summed E-state index contributed by atoms with van der Waals surface area (Å²) in [4.78, 5) is 12.4. The largest absolute Gasteiger partial charge is 0.493 e. The Bertz CT molecular complexity index is 977. The van der Waals surface area contributed by atoms with Crippen LogP contribution in [0, 0.1) is 11.6 Å². The molecule has 1 heterocycles. The SMILES string of the molecule is COc1ccc(C(=O)NCc2nnnn2-c2ccc(F)c(F)c2)cc1OC. The molecule has 0 aliphatic carbocycles. The summed E-state index contributed by atoms with van der Waals surface area (Å²) in [6.45, 7) is -0.0286. The average Bonchev–Trinajstić information content (AvgIpc) is 3.16. The van der Waals surface area contributed by atoms with E-state index in [4.69, 9.17) is 9.47 Å². The second kappa shape index (κ2) is 7.77. The van der Waals surface area contributed by atoms with E-state index in [0.717, 1.165) is 12.1 Å². The van der Waals surface area contributed by atoms with E-state index in [2.05, 4.69) is 20.8 Å². The number of amides is 1. The van der Waals surface area contributed by atoms with Gasteiger partial charge in [-0.25, -0.2) is 8.78 Å². The molecule has 0 radical (unpaired) electrons. The van der Waals surface area contributed by atoms with Crippen molar-refractivity contribution in [1.82, 2.24) is 25.5 Å². The maximum Gasteiger partial charge on any atom is 0.251 e. The van der Waals surface area contributed by atoms with Crippen LogP contribution in [0.15, 0.2) is 36.4 Å². The zero-order valence-electron chi connectivity index (χ0n) is 14.4. The zero-order valence-corrected chi connectivity index (χ0v) is 14.4. The number of tetrazole rings is 1. The lowest BCUT2D eigenvalue weighted by molar-refractivity contribution is 0.0949. The van der Waals surface area contributed by atoms with Gasteiger partial charge in [0.05, 0.1) is 26.5 Å². The Morgan fingerprint density at radius 2 is 1.85 bits per heavy atom.